The summed E-state index contributed by atoms with van der Waals surface area (Å²) in [6.45, 7) is 1.77. The first-order valence-corrected chi connectivity index (χ1v) is 6.75. The third-order valence-electron chi connectivity index (χ3n) is 3.49. The lowest BCUT2D eigenvalue weighted by atomic mass is 10.2. The number of rotatable bonds is 3. The first-order valence-electron chi connectivity index (χ1n) is 6.75. The van der Waals surface area contributed by atoms with Crippen LogP contribution in [0.2, 0.25) is 0 Å². The number of hydrogen-bond acceptors (Lipinski definition) is 3. The van der Waals surface area contributed by atoms with Crippen molar-refractivity contribution in [3.8, 4) is 5.75 Å². The van der Waals surface area contributed by atoms with Crippen molar-refractivity contribution in [3.63, 3.8) is 0 Å². The molecule has 1 heterocycles. The molecule has 3 rings (SSSR count). The van der Waals surface area contributed by atoms with E-state index in [1.165, 1.54) is 0 Å². The van der Waals surface area contributed by atoms with Gasteiger partial charge in [-0.25, -0.2) is 0 Å². The molecule has 3 aromatic rings. The average molecular weight is 280 g/mol. The number of aliphatic hydroxyl groups is 1. The molecule has 21 heavy (non-hydrogen) atoms. The molecule has 0 fully saturated rings. The number of aromatic nitrogens is 1. The van der Waals surface area contributed by atoms with E-state index in [1.54, 1.807) is 0 Å². The van der Waals surface area contributed by atoms with Gasteiger partial charge >= 0.3 is 0 Å². The molecule has 0 spiro atoms. The first-order chi connectivity index (χ1) is 10.2. The Kier molecular flexibility index (Phi) is 3.46. The van der Waals surface area contributed by atoms with Gasteiger partial charge in [-0.2, -0.15) is 0 Å². The number of aromatic hydroxyl groups is 1. The van der Waals surface area contributed by atoms with E-state index in [-0.39, 0.29) is 12.4 Å². The Morgan fingerprint density at radius 3 is 2.57 bits per heavy atom. The number of fused-ring (bicyclic) bond motifs is 1. The maximum atomic E-state index is 10.3. The molecule has 4 heteroatoms. The summed E-state index contributed by atoms with van der Waals surface area (Å²) >= 11 is 0. The van der Waals surface area contributed by atoms with Crippen molar-refractivity contribution in [2.24, 2.45) is 4.99 Å². The van der Waals surface area contributed by atoms with Crippen molar-refractivity contribution < 1.29 is 10.2 Å². The largest absolute Gasteiger partial charge is 0.505 e. The zero-order chi connectivity index (χ0) is 14.8. The molecule has 0 aliphatic rings. The van der Waals surface area contributed by atoms with E-state index in [9.17, 15) is 10.2 Å². The van der Waals surface area contributed by atoms with Gasteiger partial charge in [0.15, 0.2) is 0 Å². The van der Waals surface area contributed by atoms with Gasteiger partial charge in [-0.05, 0) is 25.1 Å². The van der Waals surface area contributed by atoms with E-state index >= 15 is 0 Å². The molecule has 106 valence electrons. The standard InChI is InChI=1S/C17H16N2O2/c1-11(18-14-8-4-2-6-12(14)10-20)16-17(21)13-7-3-5-9-15(13)19-16/h2-9,19-21H,10H2,1H3. The van der Waals surface area contributed by atoms with E-state index in [0.717, 1.165) is 16.5 Å². The minimum absolute atomic E-state index is 0.0639. The van der Waals surface area contributed by atoms with Gasteiger partial charge in [-0.15, -0.1) is 0 Å². The summed E-state index contributed by atoms with van der Waals surface area (Å²) in [6, 6.07) is 15.0. The average Bonchev–Trinajstić information content (AvgIpc) is 2.85. The monoisotopic (exact) mass is 280 g/mol. The van der Waals surface area contributed by atoms with Crippen LogP contribution in [0.25, 0.3) is 10.9 Å². The smallest absolute Gasteiger partial charge is 0.150 e. The van der Waals surface area contributed by atoms with Crippen LogP contribution >= 0.6 is 0 Å². The molecule has 0 unspecified atom stereocenters. The number of nitrogens with one attached hydrogen (secondary N) is 1. The van der Waals surface area contributed by atoms with Crippen molar-refractivity contribution in [2.75, 3.05) is 0 Å². The fourth-order valence-electron chi connectivity index (χ4n) is 2.38. The van der Waals surface area contributed by atoms with Crippen LogP contribution in [0.1, 0.15) is 18.2 Å². The predicted octanol–water partition coefficient (Wildman–Crippen LogP) is 3.51. The number of aliphatic hydroxyl groups excluding tert-OH is 1. The molecule has 0 aliphatic carbocycles. The Labute approximate surface area is 122 Å². The zero-order valence-corrected chi connectivity index (χ0v) is 11.7. The Bertz CT molecular complexity index is 819. The number of aliphatic imine (C=N–C) groups is 1. The van der Waals surface area contributed by atoms with E-state index in [4.69, 9.17) is 0 Å². The van der Waals surface area contributed by atoms with Gasteiger partial charge in [0.25, 0.3) is 0 Å². The fraction of sp³-hybridized carbons (Fsp3) is 0.118. The molecule has 0 radical (unpaired) electrons. The number of aromatic amines is 1. The molecule has 0 aliphatic heterocycles. The van der Waals surface area contributed by atoms with Crippen molar-refractivity contribution >= 4 is 22.3 Å². The molecule has 4 nitrogen and oxygen atoms in total. The third kappa shape index (κ3) is 2.41. The Hall–Kier alpha value is -2.59. The number of hydrogen-bond donors (Lipinski definition) is 3. The van der Waals surface area contributed by atoms with Gasteiger partial charge in [0.1, 0.15) is 11.4 Å². The minimum atomic E-state index is -0.0639. The highest BCUT2D eigenvalue weighted by molar-refractivity contribution is 6.06. The summed E-state index contributed by atoms with van der Waals surface area (Å²) in [6.07, 6.45) is 0. The second-order valence-electron chi connectivity index (χ2n) is 4.88. The lowest BCUT2D eigenvalue weighted by Gasteiger charge is -2.04. The van der Waals surface area contributed by atoms with Crippen molar-refractivity contribution in [1.29, 1.82) is 0 Å². The van der Waals surface area contributed by atoms with Gasteiger partial charge < -0.3 is 15.2 Å². The number of benzene rings is 2. The number of H-pyrrole nitrogens is 1. The van der Waals surface area contributed by atoms with Gasteiger partial charge in [0.05, 0.1) is 18.0 Å². The highest BCUT2D eigenvalue weighted by Gasteiger charge is 2.12. The highest BCUT2D eigenvalue weighted by Crippen LogP contribution is 2.30. The van der Waals surface area contributed by atoms with E-state index in [1.807, 2.05) is 55.5 Å². The van der Waals surface area contributed by atoms with Gasteiger partial charge in [-0.3, -0.25) is 4.99 Å². The number of para-hydroxylation sites is 2. The summed E-state index contributed by atoms with van der Waals surface area (Å²) in [7, 11) is 0. The Morgan fingerprint density at radius 1 is 1.10 bits per heavy atom. The minimum Gasteiger partial charge on any atom is -0.505 e. The predicted molar refractivity (Wildman–Crippen MR) is 84.2 cm³/mol. The van der Waals surface area contributed by atoms with Crippen LogP contribution in [-0.4, -0.2) is 20.9 Å². The zero-order valence-electron chi connectivity index (χ0n) is 11.7. The third-order valence-corrected chi connectivity index (χ3v) is 3.49. The summed E-state index contributed by atoms with van der Waals surface area (Å²) in [4.78, 5) is 7.70. The van der Waals surface area contributed by atoms with Gasteiger partial charge in [-0.1, -0.05) is 30.3 Å². The summed E-state index contributed by atoms with van der Waals surface area (Å²) < 4.78 is 0. The van der Waals surface area contributed by atoms with E-state index < -0.39 is 0 Å². The molecule has 1 aromatic heterocycles. The van der Waals surface area contributed by atoms with Crippen molar-refractivity contribution in [2.45, 2.75) is 13.5 Å². The SMILES string of the molecule is CC(=Nc1ccccc1CO)c1[nH]c2ccccc2c1O. The Morgan fingerprint density at radius 2 is 1.81 bits per heavy atom. The van der Waals surface area contributed by atoms with Crippen LogP contribution in [-0.2, 0) is 6.61 Å². The fourth-order valence-corrected chi connectivity index (χ4v) is 2.38. The molecule has 0 amide bonds. The van der Waals surface area contributed by atoms with Crippen LogP contribution in [0.4, 0.5) is 5.69 Å². The highest BCUT2D eigenvalue weighted by atomic mass is 16.3. The molecule has 3 N–H and O–H groups in total. The first kappa shape index (κ1) is 13.4. The maximum absolute atomic E-state index is 10.3. The van der Waals surface area contributed by atoms with E-state index in [2.05, 4.69) is 9.98 Å². The molecular weight excluding hydrogens is 264 g/mol. The van der Waals surface area contributed by atoms with Gasteiger partial charge in [0.2, 0.25) is 0 Å². The summed E-state index contributed by atoms with van der Waals surface area (Å²) in [5, 5.41) is 20.4. The number of nitrogens with zero attached hydrogens (tertiary/aromatic N) is 1. The second-order valence-corrected chi connectivity index (χ2v) is 4.88. The molecular formula is C17H16N2O2. The maximum Gasteiger partial charge on any atom is 0.150 e. The molecule has 0 saturated carbocycles. The van der Waals surface area contributed by atoms with Crippen LogP contribution in [0.5, 0.6) is 5.75 Å². The molecule has 0 atom stereocenters. The van der Waals surface area contributed by atoms with Crippen LogP contribution in [0, 0.1) is 0 Å². The van der Waals surface area contributed by atoms with Crippen LogP contribution in [0.3, 0.4) is 0 Å². The van der Waals surface area contributed by atoms with Gasteiger partial charge in [0, 0.05) is 16.5 Å². The Balaban J connectivity index is 2.09. The van der Waals surface area contributed by atoms with Crippen molar-refractivity contribution in [1.82, 2.24) is 4.98 Å². The van der Waals surface area contributed by atoms with E-state index in [0.29, 0.717) is 17.1 Å². The molecule has 0 saturated heterocycles. The lowest BCUT2D eigenvalue weighted by Crippen LogP contribution is -1.95. The normalized spacial score (nSPS) is 12.0. The quantitative estimate of drug-likeness (QED) is 0.643. The van der Waals surface area contributed by atoms with Crippen molar-refractivity contribution in [3.05, 3.63) is 59.8 Å². The molecule has 0 bridgehead atoms. The lowest BCUT2D eigenvalue weighted by molar-refractivity contribution is 0.282. The van der Waals surface area contributed by atoms with Crippen LogP contribution < -0.4 is 0 Å². The second kappa shape index (κ2) is 5.42. The van der Waals surface area contributed by atoms with Crippen LogP contribution in [0.15, 0.2) is 53.5 Å². The summed E-state index contributed by atoms with van der Waals surface area (Å²) in [5.74, 6) is 0.202. The molecule has 2 aromatic carbocycles. The summed E-state index contributed by atoms with van der Waals surface area (Å²) in [5.41, 5.74) is 3.60. The topological polar surface area (TPSA) is 68.6 Å².